The minimum atomic E-state index is -1.07. The first kappa shape index (κ1) is 18.2. The second-order valence-electron chi connectivity index (χ2n) is 4.72. The minimum absolute atomic E-state index is 0.219. The lowest BCUT2D eigenvalue weighted by Crippen LogP contribution is -2.52. The van der Waals surface area contributed by atoms with Crippen LogP contribution in [0.25, 0.3) is 0 Å². The molecule has 0 aliphatic rings. The quantitative estimate of drug-likeness (QED) is 0.615. The molecule has 2 unspecified atom stereocenters. The standard InChI is InChI=1S/C13H25N3O4/c1-5-7-8-10(12(18)19)15-13(20)14-9(3)11(17)16(4)6-2/h9-10H,5-8H2,1-4H3,(H,18,19)(H2,14,15,20). The molecule has 116 valence electrons. The Morgan fingerprint density at radius 2 is 1.80 bits per heavy atom. The molecule has 0 spiro atoms. The Kier molecular flexibility index (Phi) is 8.35. The Labute approximate surface area is 119 Å². The van der Waals surface area contributed by atoms with Gasteiger partial charge < -0.3 is 20.6 Å². The molecule has 0 bridgehead atoms. The summed E-state index contributed by atoms with van der Waals surface area (Å²) in [6, 6.07) is -2.26. The van der Waals surface area contributed by atoms with Gasteiger partial charge in [0.25, 0.3) is 0 Å². The van der Waals surface area contributed by atoms with Gasteiger partial charge >= 0.3 is 12.0 Å². The summed E-state index contributed by atoms with van der Waals surface area (Å²) in [4.78, 5) is 35.9. The summed E-state index contributed by atoms with van der Waals surface area (Å²) in [5.41, 5.74) is 0. The number of amides is 3. The number of carboxylic acids is 1. The van der Waals surface area contributed by atoms with E-state index in [2.05, 4.69) is 10.6 Å². The number of aliphatic carboxylic acids is 1. The molecule has 0 aliphatic carbocycles. The average Bonchev–Trinajstić information content (AvgIpc) is 2.41. The monoisotopic (exact) mass is 287 g/mol. The minimum Gasteiger partial charge on any atom is -0.480 e. The van der Waals surface area contributed by atoms with Crippen molar-refractivity contribution >= 4 is 17.9 Å². The van der Waals surface area contributed by atoms with Gasteiger partial charge in [-0.05, 0) is 20.3 Å². The van der Waals surface area contributed by atoms with Crippen LogP contribution in [-0.2, 0) is 9.59 Å². The molecule has 20 heavy (non-hydrogen) atoms. The molecule has 0 aromatic carbocycles. The van der Waals surface area contributed by atoms with Crippen LogP contribution in [0.3, 0.4) is 0 Å². The topological polar surface area (TPSA) is 98.7 Å². The van der Waals surface area contributed by atoms with Gasteiger partial charge in [-0.25, -0.2) is 9.59 Å². The maximum Gasteiger partial charge on any atom is 0.326 e. The summed E-state index contributed by atoms with van der Waals surface area (Å²) < 4.78 is 0. The summed E-state index contributed by atoms with van der Waals surface area (Å²) in [6.07, 6.45) is 1.93. The summed E-state index contributed by atoms with van der Waals surface area (Å²) in [5.74, 6) is -1.29. The van der Waals surface area contributed by atoms with E-state index in [1.165, 1.54) is 4.90 Å². The number of hydrogen-bond acceptors (Lipinski definition) is 3. The van der Waals surface area contributed by atoms with Crippen molar-refractivity contribution in [2.75, 3.05) is 13.6 Å². The third-order valence-corrected chi connectivity index (χ3v) is 3.02. The predicted octanol–water partition coefficient (Wildman–Crippen LogP) is 0.796. The lowest BCUT2D eigenvalue weighted by Gasteiger charge is -2.22. The molecule has 0 aliphatic heterocycles. The Balaban J connectivity index is 4.38. The van der Waals surface area contributed by atoms with Gasteiger partial charge in [0.15, 0.2) is 0 Å². The van der Waals surface area contributed by atoms with Gasteiger partial charge in [-0.15, -0.1) is 0 Å². The highest BCUT2D eigenvalue weighted by Gasteiger charge is 2.22. The van der Waals surface area contributed by atoms with Gasteiger partial charge in [0, 0.05) is 13.6 Å². The number of nitrogens with one attached hydrogen (secondary N) is 2. The molecule has 0 heterocycles. The van der Waals surface area contributed by atoms with Crippen LogP contribution in [0.15, 0.2) is 0 Å². The average molecular weight is 287 g/mol. The summed E-state index contributed by atoms with van der Waals surface area (Å²) >= 11 is 0. The van der Waals surface area contributed by atoms with Gasteiger partial charge in [0.1, 0.15) is 12.1 Å². The van der Waals surface area contributed by atoms with Gasteiger partial charge in [-0.1, -0.05) is 19.8 Å². The molecule has 7 nitrogen and oxygen atoms in total. The number of nitrogens with zero attached hydrogens (tertiary/aromatic N) is 1. The van der Waals surface area contributed by atoms with Crippen molar-refractivity contribution in [3.63, 3.8) is 0 Å². The van der Waals surface area contributed by atoms with E-state index in [1.807, 2.05) is 13.8 Å². The van der Waals surface area contributed by atoms with Gasteiger partial charge in [0.05, 0.1) is 0 Å². The number of carbonyl (C=O) groups excluding carboxylic acids is 2. The summed E-state index contributed by atoms with van der Waals surface area (Å²) in [7, 11) is 1.64. The first-order valence-corrected chi connectivity index (χ1v) is 6.88. The lowest BCUT2D eigenvalue weighted by molar-refractivity contribution is -0.139. The van der Waals surface area contributed by atoms with Crippen LogP contribution < -0.4 is 10.6 Å². The highest BCUT2D eigenvalue weighted by molar-refractivity contribution is 5.88. The van der Waals surface area contributed by atoms with Crippen molar-refractivity contribution in [1.82, 2.24) is 15.5 Å². The molecule has 7 heteroatoms. The number of carboxylic acid groups (broad SMARTS) is 1. The largest absolute Gasteiger partial charge is 0.480 e. The lowest BCUT2D eigenvalue weighted by atomic mass is 10.1. The van der Waals surface area contributed by atoms with E-state index in [-0.39, 0.29) is 5.91 Å². The molecule has 0 saturated heterocycles. The molecular weight excluding hydrogens is 262 g/mol. The first-order valence-electron chi connectivity index (χ1n) is 6.88. The van der Waals surface area contributed by atoms with Gasteiger partial charge in [-0.3, -0.25) is 4.79 Å². The zero-order chi connectivity index (χ0) is 15.7. The molecule has 3 amide bonds. The van der Waals surface area contributed by atoms with Crippen molar-refractivity contribution in [1.29, 1.82) is 0 Å². The summed E-state index contributed by atoms with van der Waals surface area (Å²) in [6.45, 7) is 5.88. The second-order valence-corrected chi connectivity index (χ2v) is 4.72. The van der Waals surface area contributed by atoms with Crippen LogP contribution in [0, 0.1) is 0 Å². The number of unbranched alkanes of at least 4 members (excludes halogenated alkanes) is 1. The Bertz CT molecular complexity index is 347. The first-order chi connectivity index (χ1) is 9.33. The highest BCUT2D eigenvalue weighted by Crippen LogP contribution is 2.01. The zero-order valence-corrected chi connectivity index (χ0v) is 12.6. The number of carbonyl (C=O) groups is 3. The van der Waals surface area contributed by atoms with E-state index in [9.17, 15) is 14.4 Å². The maximum absolute atomic E-state index is 11.8. The van der Waals surface area contributed by atoms with E-state index < -0.39 is 24.1 Å². The highest BCUT2D eigenvalue weighted by atomic mass is 16.4. The van der Waals surface area contributed by atoms with Crippen molar-refractivity contribution in [3.05, 3.63) is 0 Å². The van der Waals surface area contributed by atoms with Crippen molar-refractivity contribution in [3.8, 4) is 0 Å². The molecule has 0 aromatic heterocycles. The number of hydrogen-bond donors (Lipinski definition) is 3. The van der Waals surface area contributed by atoms with Crippen molar-refractivity contribution in [2.24, 2.45) is 0 Å². The second kappa shape index (κ2) is 9.17. The fraction of sp³-hybridized carbons (Fsp3) is 0.769. The van der Waals surface area contributed by atoms with E-state index in [0.29, 0.717) is 19.4 Å². The van der Waals surface area contributed by atoms with Gasteiger partial charge in [-0.2, -0.15) is 0 Å². The number of likely N-dealkylation sites (N-methyl/N-ethyl adjacent to an activating group) is 1. The molecule has 0 aromatic rings. The smallest absolute Gasteiger partial charge is 0.326 e. The molecule has 0 radical (unpaired) electrons. The third kappa shape index (κ3) is 6.40. The van der Waals surface area contributed by atoms with Crippen molar-refractivity contribution < 1.29 is 19.5 Å². The van der Waals surface area contributed by atoms with Crippen LogP contribution in [0.4, 0.5) is 4.79 Å². The Hall–Kier alpha value is -1.79. The maximum atomic E-state index is 11.8. The van der Waals surface area contributed by atoms with Crippen LogP contribution in [0.1, 0.15) is 40.0 Å². The Morgan fingerprint density at radius 1 is 1.20 bits per heavy atom. The fourth-order valence-electron chi connectivity index (χ4n) is 1.61. The Morgan fingerprint density at radius 3 is 2.25 bits per heavy atom. The molecule has 0 saturated carbocycles. The molecular formula is C13H25N3O4. The molecule has 3 N–H and O–H groups in total. The van der Waals surface area contributed by atoms with Crippen molar-refractivity contribution in [2.45, 2.75) is 52.1 Å². The third-order valence-electron chi connectivity index (χ3n) is 3.02. The molecule has 0 fully saturated rings. The number of urea groups is 1. The SMILES string of the molecule is CCCCC(NC(=O)NC(C)C(=O)N(C)CC)C(=O)O. The predicted molar refractivity (Wildman–Crippen MR) is 75.4 cm³/mol. The van der Waals surface area contributed by atoms with Crippen LogP contribution in [-0.4, -0.2) is 53.6 Å². The summed E-state index contributed by atoms with van der Waals surface area (Å²) in [5, 5.41) is 13.8. The van der Waals surface area contributed by atoms with Crippen LogP contribution in [0.5, 0.6) is 0 Å². The van der Waals surface area contributed by atoms with E-state index in [4.69, 9.17) is 5.11 Å². The van der Waals surface area contributed by atoms with E-state index >= 15 is 0 Å². The van der Waals surface area contributed by atoms with E-state index in [0.717, 1.165) is 6.42 Å². The van der Waals surface area contributed by atoms with Crippen LogP contribution >= 0.6 is 0 Å². The number of rotatable bonds is 8. The molecule has 0 rings (SSSR count). The van der Waals surface area contributed by atoms with E-state index in [1.54, 1.807) is 14.0 Å². The van der Waals surface area contributed by atoms with Crippen LogP contribution in [0.2, 0.25) is 0 Å². The molecule has 2 atom stereocenters. The van der Waals surface area contributed by atoms with Gasteiger partial charge in [0.2, 0.25) is 5.91 Å². The normalized spacial score (nSPS) is 13.2. The fourth-order valence-corrected chi connectivity index (χ4v) is 1.61. The zero-order valence-electron chi connectivity index (χ0n) is 12.6.